The predicted octanol–water partition coefficient (Wildman–Crippen LogP) is 2.54. The summed E-state index contributed by atoms with van der Waals surface area (Å²) in [5.41, 5.74) is 1.18. The van der Waals surface area contributed by atoms with Crippen LogP contribution in [0.25, 0.3) is 10.8 Å². The molecule has 21 heavy (non-hydrogen) atoms. The van der Waals surface area contributed by atoms with Crippen LogP contribution in [0.1, 0.15) is 11.6 Å². The van der Waals surface area contributed by atoms with Crippen LogP contribution in [0.15, 0.2) is 47.5 Å². The Morgan fingerprint density at radius 2 is 2.05 bits per heavy atom. The van der Waals surface area contributed by atoms with Crippen LogP contribution in [0.5, 0.6) is 0 Å². The van der Waals surface area contributed by atoms with Crippen molar-refractivity contribution in [3.05, 3.63) is 48.0 Å². The molecular weight excluding hydrogens is 266 g/mol. The highest BCUT2D eigenvalue weighted by atomic mass is 16.5. The van der Waals surface area contributed by atoms with Crippen molar-refractivity contribution in [2.75, 3.05) is 20.7 Å². The Kier molecular flexibility index (Phi) is 3.48. The SMILES string of the molecule is COC(=O)NC1=NCC(c2ccc3ccccc3c2)N1C. The van der Waals surface area contributed by atoms with Gasteiger partial charge in [-0.1, -0.05) is 36.4 Å². The lowest BCUT2D eigenvalue weighted by Crippen LogP contribution is -2.40. The molecule has 5 heteroatoms. The van der Waals surface area contributed by atoms with E-state index in [0.717, 1.165) is 0 Å². The van der Waals surface area contributed by atoms with Gasteiger partial charge in [-0.2, -0.15) is 0 Å². The number of methoxy groups -OCH3 is 1. The monoisotopic (exact) mass is 283 g/mol. The predicted molar refractivity (Wildman–Crippen MR) is 82.3 cm³/mol. The van der Waals surface area contributed by atoms with Gasteiger partial charge < -0.3 is 9.64 Å². The molecule has 0 aromatic heterocycles. The molecule has 1 unspecified atom stereocenters. The zero-order chi connectivity index (χ0) is 14.8. The zero-order valence-electron chi connectivity index (χ0n) is 12.0. The summed E-state index contributed by atoms with van der Waals surface area (Å²) in [6.07, 6.45) is -0.500. The van der Waals surface area contributed by atoms with Crippen LogP contribution in [-0.4, -0.2) is 37.7 Å². The van der Waals surface area contributed by atoms with E-state index in [1.54, 1.807) is 0 Å². The number of rotatable bonds is 1. The van der Waals surface area contributed by atoms with Crippen LogP contribution in [-0.2, 0) is 4.74 Å². The van der Waals surface area contributed by atoms with Crippen LogP contribution in [0, 0.1) is 0 Å². The highest BCUT2D eigenvalue weighted by Crippen LogP contribution is 2.27. The smallest absolute Gasteiger partial charge is 0.413 e. The number of carbonyl (C=O) groups excluding carboxylic acids is 1. The minimum Gasteiger partial charge on any atom is -0.453 e. The van der Waals surface area contributed by atoms with E-state index in [-0.39, 0.29) is 6.04 Å². The molecule has 1 atom stereocenters. The molecule has 1 amide bonds. The number of likely N-dealkylation sites (N-methyl/N-ethyl adjacent to an activating group) is 1. The Morgan fingerprint density at radius 3 is 2.81 bits per heavy atom. The van der Waals surface area contributed by atoms with Crippen molar-refractivity contribution in [2.24, 2.45) is 4.99 Å². The quantitative estimate of drug-likeness (QED) is 0.875. The highest BCUT2D eigenvalue weighted by molar-refractivity contribution is 5.95. The Hall–Kier alpha value is -2.56. The second-order valence-electron chi connectivity index (χ2n) is 5.01. The molecule has 5 nitrogen and oxygen atoms in total. The molecule has 1 aliphatic heterocycles. The summed E-state index contributed by atoms with van der Waals surface area (Å²) < 4.78 is 4.60. The van der Waals surface area contributed by atoms with Crippen molar-refractivity contribution in [3.8, 4) is 0 Å². The molecule has 0 radical (unpaired) electrons. The molecule has 0 fully saturated rings. The molecule has 0 saturated carbocycles. The summed E-state index contributed by atoms with van der Waals surface area (Å²) in [7, 11) is 3.26. The molecule has 0 spiro atoms. The standard InChI is InChI=1S/C16H17N3O2/c1-19-14(10-17-15(19)18-16(20)21-2)13-8-7-11-5-3-4-6-12(11)9-13/h3-9,14H,10H2,1-2H3,(H,17,18,20). The number of guanidine groups is 1. The number of alkyl carbamates (subject to hydrolysis) is 1. The van der Waals surface area contributed by atoms with Gasteiger partial charge in [0.15, 0.2) is 0 Å². The summed E-state index contributed by atoms with van der Waals surface area (Å²) in [4.78, 5) is 17.6. The van der Waals surface area contributed by atoms with Crippen LogP contribution < -0.4 is 5.32 Å². The zero-order valence-corrected chi connectivity index (χ0v) is 12.0. The number of nitrogens with one attached hydrogen (secondary N) is 1. The van der Waals surface area contributed by atoms with Crippen molar-refractivity contribution in [2.45, 2.75) is 6.04 Å². The number of benzene rings is 2. The molecule has 2 aromatic carbocycles. The first-order valence-electron chi connectivity index (χ1n) is 6.80. The second-order valence-corrected chi connectivity index (χ2v) is 5.01. The van der Waals surface area contributed by atoms with E-state index in [1.165, 1.54) is 23.4 Å². The molecule has 2 aromatic rings. The molecule has 0 aliphatic carbocycles. The maximum atomic E-state index is 11.3. The van der Waals surface area contributed by atoms with Gasteiger partial charge in [-0.05, 0) is 22.4 Å². The number of fused-ring (bicyclic) bond motifs is 1. The summed E-state index contributed by atoms with van der Waals surface area (Å²) in [6.45, 7) is 0.619. The maximum absolute atomic E-state index is 11.3. The molecule has 1 aliphatic rings. The van der Waals surface area contributed by atoms with Gasteiger partial charge in [-0.25, -0.2) is 4.79 Å². The summed E-state index contributed by atoms with van der Waals surface area (Å²) >= 11 is 0. The molecule has 0 saturated heterocycles. The van der Waals surface area contributed by atoms with E-state index in [2.05, 4.69) is 45.4 Å². The van der Waals surface area contributed by atoms with Gasteiger partial charge in [0.1, 0.15) is 0 Å². The number of amides is 1. The number of nitrogens with zero attached hydrogens (tertiary/aromatic N) is 2. The van der Waals surface area contributed by atoms with Crippen molar-refractivity contribution < 1.29 is 9.53 Å². The Balaban J connectivity index is 1.82. The Bertz CT molecular complexity index is 711. The molecule has 108 valence electrons. The van der Waals surface area contributed by atoms with Gasteiger partial charge in [-0.15, -0.1) is 0 Å². The van der Waals surface area contributed by atoms with Crippen molar-refractivity contribution in [1.29, 1.82) is 0 Å². The fourth-order valence-corrected chi connectivity index (χ4v) is 2.57. The fraction of sp³-hybridized carbons (Fsp3) is 0.250. The average molecular weight is 283 g/mol. The van der Waals surface area contributed by atoms with E-state index >= 15 is 0 Å². The number of hydrogen-bond acceptors (Lipinski definition) is 4. The molecule has 0 bridgehead atoms. The fourth-order valence-electron chi connectivity index (χ4n) is 2.57. The molecule has 1 heterocycles. The third kappa shape index (κ3) is 2.54. The number of ether oxygens (including phenoxy) is 1. The van der Waals surface area contributed by atoms with Gasteiger partial charge in [-0.3, -0.25) is 10.3 Å². The number of aliphatic imine (C=N–C) groups is 1. The van der Waals surface area contributed by atoms with Gasteiger partial charge in [0, 0.05) is 7.05 Å². The normalized spacial score (nSPS) is 17.7. The van der Waals surface area contributed by atoms with E-state index in [4.69, 9.17) is 0 Å². The number of hydrogen-bond donors (Lipinski definition) is 1. The summed E-state index contributed by atoms with van der Waals surface area (Å²) in [5, 5.41) is 5.05. The van der Waals surface area contributed by atoms with Crippen LogP contribution in [0.2, 0.25) is 0 Å². The highest BCUT2D eigenvalue weighted by Gasteiger charge is 2.27. The first-order chi connectivity index (χ1) is 10.2. The van der Waals surface area contributed by atoms with E-state index < -0.39 is 6.09 Å². The third-order valence-corrected chi connectivity index (χ3v) is 3.77. The lowest BCUT2D eigenvalue weighted by molar-refractivity contribution is 0.175. The van der Waals surface area contributed by atoms with Gasteiger partial charge in [0.25, 0.3) is 0 Å². The van der Waals surface area contributed by atoms with Crippen molar-refractivity contribution in [1.82, 2.24) is 10.2 Å². The first-order valence-corrected chi connectivity index (χ1v) is 6.80. The molecule has 1 N–H and O–H groups in total. The van der Waals surface area contributed by atoms with E-state index in [1.807, 2.05) is 24.1 Å². The van der Waals surface area contributed by atoms with Gasteiger partial charge in [0.05, 0.1) is 19.7 Å². The lowest BCUT2D eigenvalue weighted by Gasteiger charge is -2.23. The van der Waals surface area contributed by atoms with E-state index in [9.17, 15) is 4.79 Å². The van der Waals surface area contributed by atoms with Crippen molar-refractivity contribution >= 4 is 22.8 Å². The van der Waals surface area contributed by atoms with Gasteiger partial charge in [0.2, 0.25) is 5.96 Å². The Labute approximate surface area is 123 Å². The van der Waals surface area contributed by atoms with E-state index in [0.29, 0.717) is 12.5 Å². The van der Waals surface area contributed by atoms with Crippen molar-refractivity contribution in [3.63, 3.8) is 0 Å². The first kappa shape index (κ1) is 13.4. The Morgan fingerprint density at radius 1 is 1.29 bits per heavy atom. The lowest BCUT2D eigenvalue weighted by atomic mass is 10.0. The average Bonchev–Trinajstić information content (AvgIpc) is 2.87. The van der Waals surface area contributed by atoms with Crippen LogP contribution in [0.3, 0.4) is 0 Å². The second kappa shape index (κ2) is 5.44. The maximum Gasteiger partial charge on any atom is 0.413 e. The van der Waals surface area contributed by atoms with Gasteiger partial charge >= 0.3 is 6.09 Å². The van der Waals surface area contributed by atoms with Crippen LogP contribution in [0.4, 0.5) is 4.79 Å². The van der Waals surface area contributed by atoms with Crippen LogP contribution >= 0.6 is 0 Å². The third-order valence-electron chi connectivity index (χ3n) is 3.77. The molecular formula is C16H17N3O2. The summed E-state index contributed by atoms with van der Waals surface area (Å²) in [5.74, 6) is 0.542. The largest absolute Gasteiger partial charge is 0.453 e. The summed E-state index contributed by atoms with van der Waals surface area (Å²) in [6, 6.07) is 14.8. The topological polar surface area (TPSA) is 53.9 Å². The minimum atomic E-state index is -0.500. The molecule has 3 rings (SSSR count). The number of carbonyl (C=O) groups is 1. The minimum absolute atomic E-state index is 0.127.